The lowest BCUT2D eigenvalue weighted by molar-refractivity contribution is 0.0408. The van der Waals surface area contributed by atoms with Crippen LogP contribution in [0.4, 0.5) is 0 Å². The predicted octanol–water partition coefficient (Wildman–Crippen LogP) is 7.90. The van der Waals surface area contributed by atoms with Gasteiger partial charge in [0.2, 0.25) is 0 Å². The van der Waals surface area contributed by atoms with Crippen LogP contribution in [0.5, 0.6) is 0 Å². The SMILES string of the molecule is O=C(c1ccccc1C(=O)N(C1CCCCC1)C1CCCCC1)N(C1CCCCC1)C1CCCCC1. The van der Waals surface area contributed by atoms with Gasteiger partial charge in [0, 0.05) is 24.2 Å². The highest BCUT2D eigenvalue weighted by Crippen LogP contribution is 2.34. The second kappa shape index (κ2) is 12.6. The molecule has 36 heavy (non-hydrogen) atoms. The van der Waals surface area contributed by atoms with Crippen LogP contribution in [0, 0.1) is 0 Å². The van der Waals surface area contributed by atoms with Crippen molar-refractivity contribution in [2.75, 3.05) is 0 Å². The number of hydrogen-bond donors (Lipinski definition) is 0. The van der Waals surface area contributed by atoms with Gasteiger partial charge in [0.25, 0.3) is 11.8 Å². The molecule has 4 heteroatoms. The number of amides is 2. The second-order valence-electron chi connectivity index (χ2n) is 12.1. The zero-order valence-electron chi connectivity index (χ0n) is 22.5. The van der Waals surface area contributed by atoms with Gasteiger partial charge in [0.05, 0.1) is 11.1 Å². The molecular weight excluding hydrogens is 444 g/mol. The van der Waals surface area contributed by atoms with Gasteiger partial charge in [0.1, 0.15) is 0 Å². The lowest BCUT2D eigenvalue weighted by Crippen LogP contribution is -2.51. The highest BCUT2D eigenvalue weighted by Gasteiger charge is 2.37. The molecule has 0 N–H and O–H groups in total. The lowest BCUT2D eigenvalue weighted by Gasteiger charge is -2.43. The van der Waals surface area contributed by atoms with Crippen molar-refractivity contribution in [1.82, 2.24) is 9.80 Å². The molecule has 0 atom stereocenters. The molecular formula is C32H48N2O2. The molecule has 1 aromatic rings. The van der Waals surface area contributed by atoms with Crippen LogP contribution in [0.3, 0.4) is 0 Å². The van der Waals surface area contributed by atoms with Gasteiger partial charge in [-0.25, -0.2) is 0 Å². The van der Waals surface area contributed by atoms with Crippen LogP contribution in [-0.2, 0) is 0 Å². The van der Waals surface area contributed by atoms with Crippen molar-refractivity contribution in [2.24, 2.45) is 0 Å². The minimum atomic E-state index is 0.130. The minimum Gasteiger partial charge on any atom is -0.333 e. The van der Waals surface area contributed by atoms with E-state index in [9.17, 15) is 9.59 Å². The van der Waals surface area contributed by atoms with Gasteiger partial charge in [-0.2, -0.15) is 0 Å². The summed E-state index contributed by atoms with van der Waals surface area (Å²) in [5.41, 5.74) is 1.32. The molecule has 0 heterocycles. The Balaban J connectivity index is 1.46. The molecule has 4 fully saturated rings. The van der Waals surface area contributed by atoms with Crippen molar-refractivity contribution in [1.29, 1.82) is 0 Å². The molecule has 0 saturated heterocycles. The van der Waals surface area contributed by atoms with E-state index in [2.05, 4.69) is 9.80 Å². The van der Waals surface area contributed by atoms with Crippen molar-refractivity contribution < 1.29 is 9.59 Å². The average molecular weight is 493 g/mol. The standard InChI is InChI=1S/C32H48N2O2/c35-31(33(25-15-5-1-6-16-25)26-17-7-2-8-18-26)29-23-13-14-24-30(29)32(36)34(27-19-9-3-10-20-27)28-21-11-4-12-22-28/h13-14,23-28H,1-12,15-22H2. The zero-order chi connectivity index (χ0) is 24.7. The van der Waals surface area contributed by atoms with Gasteiger partial charge in [-0.15, -0.1) is 0 Å². The van der Waals surface area contributed by atoms with E-state index < -0.39 is 0 Å². The molecule has 4 saturated carbocycles. The molecule has 198 valence electrons. The topological polar surface area (TPSA) is 40.6 Å². The Morgan fingerprint density at radius 3 is 0.944 bits per heavy atom. The largest absolute Gasteiger partial charge is 0.333 e. The number of rotatable bonds is 6. The van der Waals surface area contributed by atoms with Crippen molar-refractivity contribution in [3.05, 3.63) is 35.4 Å². The molecule has 4 aliphatic rings. The van der Waals surface area contributed by atoms with E-state index in [0.717, 1.165) is 51.4 Å². The Hall–Kier alpha value is -1.84. The first-order chi connectivity index (χ1) is 17.7. The Bertz CT molecular complexity index is 752. The first-order valence-electron chi connectivity index (χ1n) is 15.5. The summed E-state index contributed by atoms with van der Waals surface area (Å²) in [7, 11) is 0. The van der Waals surface area contributed by atoms with Gasteiger partial charge in [-0.05, 0) is 63.5 Å². The van der Waals surface area contributed by atoms with Gasteiger partial charge >= 0.3 is 0 Å². The molecule has 4 aliphatic carbocycles. The second-order valence-corrected chi connectivity index (χ2v) is 12.1. The Morgan fingerprint density at radius 2 is 0.694 bits per heavy atom. The maximum Gasteiger partial charge on any atom is 0.255 e. The Labute approximate surface area is 219 Å². The highest BCUT2D eigenvalue weighted by molar-refractivity contribution is 6.07. The quantitative estimate of drug-likeness (QED) is 0.405. The third kappa shape index (κ3) is 5.83. The average Bonchev–Trinajstić information content (AvgIpc) is 2.95. The molecule has 0 aliphatic heterocycles. The van der Waals surface area contributed by atoms with E-state index in [1.54, 1.807) is 0 Å². The van der Waals surface area contributed by atoms with Gasteiger partial charge < -0.3 is 9.80 Å². The van der Waals surface area contributed by atoms with Crippen molar-refractivity contribution in [3.63, 3.8) is 0 Å². The first-order valence-corrected chi connectivity index (χ1v) is 15.5. The smallest absolute Gasteiger partial charge is 0.255 e. The van der Waals surface area contributed by atoms with Crippen molar-refractivity contribution in [3.8, 4) is 0 Å². The Morgan fingerprint density at radius 1 is 0.444 bits per heavy atom. The summed E-state index contributed by atoms with van der Waals surface area (Å²) in [6, 6.07) is 9.19. The van der Waals surface area contributed by atoms with Crippen LogP contribution < -0.4 is 0 Å². The fourth-order valence-corrected chi connectivity index (χ4v) is 7.83. The van der Waals surface area contributed by atoms with E-state index >= 15 is 0 Å². The van der Waals surface area contributed by atoms with Crippen LogP contribution in [0.1, 0.15) is 149 Å². The Kier molecular flexibility index (Phi) is 9.03. The number of carbonyl (C=O) groups is 2. The summed E-state index contributed by atoms with van der Waals surface area (Å²) in [5, 5.41) is 0. The van der Waals surface area contributed by atoms with Gasteiger partial charge in [-0.3, -0.25) is 9.59 Å². The maximum atomic E-state index is 14.4. The third-order valence-electron chi connectivity index (χ3n) is 9.73. The first kappa shape index (κ1) is 25.8. The summed E-state index contributed by atoms with van der Waals surface area (Å²) in [5.74, 6) is 0.259. The van der Waals surface area contributed by atoms with E-state index in [0.29, 0.717) is 35.3 Å². The van der Waals surface area contributed by atoms with Crippen LogP contribution in [0.15, 0.2) is 24.3 Å². The highest BCUT2D eigenvalue weighted by atomic mass is 16.2. The summed E-state index contributed by atoms with van der Waals surface area (Å²) in [6.45, 7) is 0. The fraction of sp³-hybridized carbons (Fsp3) is 0.750. The summed E-state index contributed by atoms with van der Waals surface area (Å²) >= 11 is 0. The number of benzene rings is 1. The monoisotopic (exact) mass is 492 g/mol. The normalized spacial score (nSPS) is 23.3. The van der Waals surface area contributed by atoms with Crippen molar-refractivity contribution in [2.45, 2.75) is 153 Å². The molecule has 4 nitrogen and oxygen atoms in total. The molecule has 0 bridgehead atoms. The zero-order valence-corrected chi connectivity index (χ0v) is 22.5. The summed E-state index contributed by atoms with van der Waals surface area (Å²) in [6.07, 6.45) is 23.9. The maximum absolute atomic E-state index is 14.4. The molecule has 0 radical (unpaired) electrons. The number of hydrogen-bond acceptors (Lipinski definition) is 2. The predicted molar refractivity (Wildman–Crippen MR) is 146 cm³/mol. The van der Waals surface area contributed by atoms with E-state index in [1.165, 1.54) is 77.0 Å². The van der Waals surface area contributed by atoms with Crippen LogP contribution in [0.25, 0.3) is 0 Å². The van der Waals surface area contributed by atoms with Crippen LogP contribution in [0.2, 0.25) is 0 Å². The van der Waals surface area contributed by atoms with E-state index in [4.69, 9.17) is 0 Å². The van der Waals surface area contributed by atoms with Gasteiger partial charge in [0.15, 0.2) is 0 Å². The fourth-order valence-electron chi connectivity index (χ4n) is 7.83. The van der Waals surface area contributed by atoms with E-state index in [1.807, 2.05) is 24.3 Å². The van der Waals surface area contributed by atoms with Crippen LogP contribution >= 0.6 is 0 Å². The molecule has 5 rings (SSSR count). The number of nitrogens with zero attached hydrogens (tertiary/aromatic N) is 2. The van der Waals surface area contributed by atoms with Crippen molar-refractivity contribution >= 4 is 11.8 Å². The lowest BCUT2D eigenvalue weighted by atomic mass is 9.86. The summed E-state index contributed by atoms with van der Waals surface area (Å²) < 4.78 is 0. The summed E-state index contributed by atoms with van der Waals surface area (Å²) in [4.78, 5) is 33.3. The molecule has 0 aromatic heterocycles. The van der Waals surface area contributed by atoms with Crippen LogP contribution in [-0.4, -0.2) is 45.8 Å². The van der Waals surface area contributed by atoms with Gasteiger partial charge in [-0.1, -0.05) is 89.2 Å². The third-order valence-corrected chi connectivity index (χ3v) is 9.73. The van der Waals surface area contributed by atoms with E-state index in [-0.39, 0.29) is 11.8 Å². The minimum absolute atomic E-state index is 0.130. The molecule has 2 amide bonds. The molecule has 0 unspecified atom stereocenters. The number of carbonyl (C=O) groups excluding carboxylic acids is 2. The molecule has 0 spiro atoms. The molecule has 1 aromatic carbocycles.